The smallest absolute Gasteiger partial charge is 0.300 e. The minimum absolute atomic E-state index is 0.437. The first-order chi connectivity index (χ1) is 7.20. The van der Waals surface area contributed by atoms with E-state index in [9.17, 15) is 0 Å². The third-order valence-electron chi connectivity index (χ3n) is 1.83. The van der Waals surface area contributed by atoms with Crippen molar-refractivity contribution in [3.63, 3.8) is 0 Å². The summed E-state index contributed by atoms with van der Waals surface area (Å²) in [6.07, 6.45) is 0. The monoisotopic (exact) mass is 348 g/mol. The minimum Gasteiger partial charge on any atom is -0.481 e. The summed E-state index contributed by atoms with van der Waals surface area (Å²) in [7, 11) is 0. The number of hydrogen-bond donors (Lipinski definition) is 1. The molecule has 0 bridgehead atoms. The SMILES string of the molecule is CC(=O)O.ClC1C(Cl)C(Cl)C(Cl)C(Cl)C1Cl. The van der Waals surface area contributed by atoms with Crippen LogP contribution in [0.25, 0.3) is 0 Å². The molecule has 0 aromatic rings. The van der Waals surface area contributed by atoms with Crippen LogP contribution >= 0.6 is 69.6 Å². The standard InChI is InChI=1S/C6H6Cl6.C2H4O2/c7-1-2(8)4(10)6(12)5(11)3(1)9;1-2(3)4/h1-6H;1H3,(H,3,4). The van der Waals surface area contributed by atoms with Crippen LogP contribution in [-0.4, -0.2) is 43.3 Å². The van der Waals surface area contributed by atoms with Crippen LogP contribution in [0.15, 0.2) is 0 Å². The molecule has 0 spiro atoms. The van der Waals surface area contributed by atoms with Gasteiger partial charge in [-0.2, -0.15) is 0 Å². The van der Waals surface area contributed by atoms with Gasteiger partial charge in [0.05, 0.1) is 32.3 Å². The van der Waals surface area contributed by atoms with Gasteiger partial charge >= 0.3 is 0 Å². The third kappa shape index (κ3) is 4.83. The summed E-state index contributed by atoms with van der Waals surface area (Å²) in [6, 6.07) is 0. The molecule has 0 aromatic carbocycles. The predicted octanol–water partition coefficient (Wildman–Crippen LogP) is 3.74. The molecule has 2 nitrogen and oxygen atoms in total. The molecule has 1 saturated carbocycles. The fraction of sp³-hybridized carbons (Fsp3) is 0.875. The van der Waals surface area contributed by atoms with Crippen molar-refractivity contribution >= 4 is 75.6 Å². The zero-order chi connectivity index (χ0) is 13.0. The molecule has 0 atom stereocenters. The molecule has 1 aliphatic carbocycles. The molecule has 16 heavy (non-hydrogen) atoms. The highest BCUT2D eigenvalue weighted by atomic mass is 35.5. The van der Waals surface area contributed by atoms with E-state index in [4.69, 9.17) is 79.5 Å². The maximum atomic E-state index is 9.00. The van der Waals surface area contributed by atoms with E-state index in [0.29, 0.717) is 0 Å². The number of carboxylic acid groups (broad SMARTS) is 1. The van der Waals surface area contributed by atoms with E-state index in [2.05, 4.69) is 0 Å². The zero-order valence-electron chi connectivity index (χ0n) is 8.09. The summed E-state index contributed by atoms with van der Waals surface area (Å²) >= 11 is 35.3. The van der Waals surface area contributed by atoms with Gasteiger partial charge < -0.3 is 5.11 Å². The second-order valence-electron chi connectivity index (χ2n) is 3.19. The van der Waals surface area contributed by atoms with Gasteiger partial charge in [-0.05, 0) is 0 Å². The van der Waals surface area contributed by atoms with E-state index >= 15 is 0 Å². The van der Waals surface area contributed by atoms with E-state index < -0.39 is 38.2 Å². The molecule has 0 aliphatic heterocycles. The van der Waals surface area contributed by atoms with Gasteiger partial charge in [0.15, 0.2) is 0 Å². The molecular weight excluding hydrogens is 341 g/mol. The topological polar surface area (TPSA) is 37.3 Å². The lowest BCUT2D eigenvalue weighted by molar-refractivity contribution is -0.134. The van der Waals surface area contributed by atoms with Crippen molar-refractivity contribution in [2.45, 2.75) is 39.2 Å². The second-order valence-corrected chi connectivity index (χ2v) is 6.21. The molecule has 1 fully saturated rings. The van der Waals surface area contributed by atoms with Crippen molar-refractivity contribution in [3.8, 4) is 0 Å². The summed E-state index contributed by atoms with van der Waals surface area (Å²) in [5.41, 5.74) is 0. The molecule has 96 valence electrons. The van der Waals surface area contributed by atoms with E-state index in [1.807, 2.05) is 0 Å². The van der Waals surface area contributed by atoms with E-state index in [0.717, 1.165) is 6.92 Å². The summed E-state index contributed by atoms with van der Waals surface area (Å²) in [5.74, 6) is -0.833. The second kappa shape index (κ2) is 7.60. The number of carboxylic acids is 1. The molecule has 0 unspecified atom stereocenters. The molecule has 1 aliphatic rings. The van der Waals surface area contributed by atoms with Gasteiger partial charge in [-0.3, -0.25) is 4.79 Å². The van der Waals surface area contributed by atoms with Crippen molar-refractivity contribution in [2.75, 3.05) is 0 Å². The summed E-state index contributed by atoms with van der Waals surface area (Å²) in [5, 5.41) is 4.80. The first-order valence-electron chi connectivity index (χ1n) is 4.24. The molecule has 0 saturated heterocycles. The van der Waals surface area contributed by atoms with Crippen molar-refractivity contribution in [3.05, 3.63) is 0 Å². The Morgan fingerprint density at radius 1 is 0.750 bits per heavy atom. The molecule has 0 radical (unpaired) electrons. The van der Waals surface area contributed by atoms with Crippen molar-refractivity contribution < 1.29 is 9.90 Å². The molecule has 1 N–H and O–H groups in total. The average molecular weight is 351 g/mol. The quantitative estimate of drug-likeness (QED) is 0.676. The van der Waals surface area contributed by atoms with E-state index in [1.165, 1.54) is 0 Å². The lowest BCUT2D eigenvalue weighted by Gasteiger charge is -2.37. The minimum atomic E-state index is -0.833. The molecule has 0 amide bonds. The van der Waals surface area contributed by atoms with Gasteiger partial charge in [-0.15, -0.1) is 69.6 Å². The summed E-state index contributed by atoms with van der Waals surface area (Å²) < 4.78 is 0. The van der Waals surface area contributed by atoms with Crippen molar-refractivity contribution in [2.24, 2.45) is 0 Å². The lowest BCUT2D eigenvalue weighted by Crippen LogP contribution is -2.52. The highest BCUT2D eigenvalue weighted by Crippen LogP contribution is 2.39. The molecule has 0 heterocycles. The van der Waals surface area contributed by atoms with Crippen LogP contribution < -0.4 is 0 Å². The van der Waals surface area contributed by atoms with Crippen molar-refractivity contribution in [1.82, 2.24) is 0 Å². The highest BCUT2D eigenvalue weighted by Gasteiger charge is 2.46. The number of rotatable bonds is 0. The van der Waals surface area contributed by atoms with Gasteiger partial charge in [-0.1, -0.05) is 0 Å². The van der Waals surface area contributed by atoms with Gasteiger partial charge in [0.2, 0.25) is 0 Å². The Morgan fingerprint density at radius 2 is 0.812 bits per heavy atom. The first kappa shape index (κ1) is 17.2. The fourth-order valence-electron chi connectivity index (χ4n) is 1.05. The lowest BCUT2D eigenvalue weighted by atomic mass is 9.97. The van der Waals surface area contributed by atoms with Crippen LogP contribution in [0.4, 0.5) is 0 Å². The van der Waals surface area contributed by atoms with Crippen molar-refractivity contribution in [1.29, 1.82) is 0 Å². The predicted molar refractivity (Wildman–Crippen MR) is 71.2 cm³/mol. The molecule has 8 heteroatoms. The number of aliphatic carboxylic acids is 1. The van der Waals surface area contributed by atoms with Crippen LogP contribution in [-0.2, 0) is 4.79 Å². The Hall–Kier alpha value is 1.21. The maximum Gasteiger partial charge on any atom is 0.300 e. The Bertz CT molecular complexity index is 176. The van der Waals surface area contributed by atoms with E-state index in [1.54, 1.807) is 0 Å². The van der Waals surface area contributed by atoms with Gasteiger partial charge in [0.25, 0.3) is 5.97 Å². The summed E-state index contributed by atoms with van der Waals surface area (Å²) in [4.78, 5) is 9.00. The normalized spacial score (nSPS) is 43.2. The number of hydrogen-bond acceptors (Lipinski definition) is 1. The van der Waals surface area contributed by atoms with Crippen LogP contribution in [0.5, 0.6) is 0 Å². The fourth-order valence-corrected chi connectivity index (χ4v) is 3.38. The Labute approximate surface area is 124 Å². The van der Waals surface area contributed by atoms with Gasteiger partial charge in [-0.25, -0.2) is 0 Å². The largest absolute Gasteiger partial charge is 0.481 e. The van der Waals surface area contributed by atoms with Gasteiger partial charge in [0.1, 0.15) is 0 Å². The number of alkyl halides is 6. The number of carbonyl (C=O) groups is 1. The molecule has 1 rings (SSSR count). The number of halogens is 6. The average Bonchev–Trinajstić information content (AvgIpc) is 2.20. The molecule has 0 aromatic heterocycles. The summed E-state index contributed by atoms with van der Waals surface area (Å²) in [6.45, 7) is 1.08. The maximum absolute atomic E-state index is 9.00. The first-order valence-corrected chi connectivity index (χ1v) is 6.86. The Balaban J connectivity index is 0.000000487. The Morgan fingerprint density at radius 3 is 0.875 bits per heavy atom. The van der Waals surface area contributed by atoms with E-state index in [-0.39, 0.29) is 0 Å². The molecular formula is C8H10Cl6O2. The van der Waals surface area contributed by atoms with Crippen LogP contribution in [0, 0.1) is 0 Å². The van der Waals surface area contributed by atoms with Crippen LogP contribution in [0.2, 0.25) is 0 Å². The highest BCUT2D eigenvalue weighted by molar-refractivity contribution is 6.45. The van der Waals surface area contributed by atoms with Crippen LogP contribution in [0.1, 0.15) is 6.92 Å². The third-order valence-corrected chi connectivity index (χ3v) is 5.86. The van der Waals surface area contributed by atoms with Crippen LogP contribution in [0.3, 0.4) is 0 Å². The van der Waals surface area contributed by atoms with Gasteiger partial charge in [0, 0.05) is 6.92 Å². The zero-order valence-corrected chi connectivity index (χ0v) is 12.6. The Kier molecular flexibility index (Phi) is 8.18.